The van der Waals surface area contributed by atoms with E-state index in [0.717, 1.165) is 21.6 Å². The van der Waals surface area contributed by atoms with Crippen LogP contribution in [-0.4, -0.2) is 32.9 Å². The molecule has 124 valence electrons. The number of ether oxygens (including phenoxy) is 3. The van der Waals surface area contributed by atoms with Gasteiger partial charge in [0.05, 0.1) is 21.3 Å². The van der Waals surface area contributed by atoms with E-state index in [1.165, 1.54) is 0 Å². The van der Waals surface area contributed by atoms with Gasteiger partial charge in [-0.2, -0.15) is 0 Å². The fraction of sp³-hybridized carbons (Fsp3) is 0.211. The Bertz CT molecular complexity index is 811. The summed E-state index contributed by atoms with van der Waals surface area (Å²) in [5.74, 6) is 2.51. The Kier molecular flexibility index (Phi) is 4.81. The van der Waals surface area contributed by atoms with Crippen LogP contribution in [0.25, 0.3) is 6.08 Å². The Morgan fingerprint density at radius 3 is 2.33 bits per heavy atom. The average molecular weight is 342 g/mol. The average Bonchev–Trinajstić information content (AvgIpc) is 2.63. The summed E-state index contributed by atoms with van der Waals surface area (Å²) >= 11 is 1.66. The van der Waals surface area contributed by atoms with E-state index < -0.39 is 0 Å². The third-order valence-corrected chi connectivity index (χ3v) is 4.99. The standard InChI is InChI=1S/C19H18O4S/c1-21-15-10-17(23-3)16(22-2)9-12(15)8-13-11-24-18-7-5-4-6-14(18)19(13)20/h4-10H,11H2,1-3H3/b13-8+. The molecule has 0 unspecified atom stereocenters. The molecular weight excluding hydrogens is 324 g/mol. The Morgan fingerprint density at radius 1 is 0.958 bits per heavy atom. The first-order valence-corrected chi connectivity index (χ1v) is 8.43. The number of carbonyl (C=O) groups is 1. The summed E-state index contributed by atoms with van der Waals surface area (Å²) in [7, 11) is 4.75. The van der Waals surface area contributed by atoms with Crippen molar-refractivity contribution in [2.75, 3.05) is 27.1 Å². The van der Waals surface area contributed by atoms with Crippen molar-refractivity contribution < 1.29 is 19.0 Å². The SMILES string of the molecule is COc1cc(OC)c(OC)cc1/C=C1\CSc2ccccc2C1=O. The van der Waals surface area contributed by atoms with Crippen LogP contribution in [0, 0.1) is 0 Å². The third kappa shape index (κ3) is 2.99. The highest BCUT2D eigenvalue weighted by Gasteiger charge is 2.22. The molecule has 24 heavy (non-hydrogen) atoms. The first-order valence-electron chi connectivity index (χ1n) is 7.45. The maximum absolute atomic E-state index is 12.7. The second-order valence-corrected chi connectivity index (χ2v) is 6.25. The number of rotatable bonds is 4. The highest BCUT2D eigenvalue weighted by atomic mass is 32.2. The summed E-state index contributed by atoms with van der Waals surface area (Å²) in [6.45, 7) is 0. The number of hydrogen-bond acceptors (Lipinski definition) is 5. The summed E-state index contributed by atoms with van der Waals surface area (Å²) < 4.78 is 16.1. The molecule has 2 aromatic rings. The first kappa shape index (κ1) is 16.5. The lowest BCUT2D eigenvalue weighted by molar-refractivity contribution is 0.103. The van der Waals surface area contributed by atoms with Gasteiger partial charge in [0.25, 0.3) is 0 Å². The van der Waals surface area contributed by atoms with Crippen molar-refractivity contribution in [1.82, 2.24) is 0 Å². The second-order valence-electron chi connectivity index (χ2n) is 5.23. The van der Waals surface area contributed by atoms with Crippen molar-refractivity contribution in [3.8, 4) is 17.2 Å². The Hall–Kier alpha value is -2.40. The zero-order chi connectivity index (χ0) is 17.1. The van der Waals surface area contributed by atoms with Gasteiger partial charge in [0.15, 0.2) is 17.3 Å². The lowest BCUT2D eigenvalue weighted by Crippen LogP contribution is -2.12. The number of benzene rings is 2. The van der Waals surface area contributed by atoms with Gasteiger partial charge >= 0.3 is 0 Å². The quantitative estimate of drug-likeness (QED) is 0.783. The van der Waals surface area contributed by atoms with Gasteiger partial charge in [0, 0.05) is 33.4 Å². The number of carbonyl (C=O) groups excluding carboxylic acids is 1. The molecule has 0 amide bonds. The minimum Gasteiger partial charge on any atom is -0.496 e. The number of fused-ring (bicyclic) bond motifs is 1. The molecule has 1 aliphatic rings. The van der Waals surface area contributed by atoms with Gasteiger partial charge in [0.1, 0.15) is 5.75 Å². The largest absolute Gasteiger partial charge is 0.496 e. The van der Waals surface area contributed by atoms with E-state index in [4.69, 9.17) is 14.2 Å². The van der Waals surface area contributed by atoms with Gasteiger partial charge in [-0.1, -0.05) is 12.1 Å². The van der Waals surface area contributed by atoms with Gasteiger partial charge < -0.3 is 14.2 Å². The highest BCUT2D eigenvalue weighted by Crippen LogP contribution is 2.38. The van der Waals surface area contributed by atoms with Crippen molar-refractivity contribution in [3.63, 3.8) is 0 Å². The smallest absolute Gasteiger partial charge is 0.191 e. The van der Waals surface area contributed by atoms with Crippen molar-refractivity contribution in [2.24, 2.45) is 0 Å². The van der Waals surface area contributed by atoms with E-state index in [9.17, 15) is 4.79 Å². The Morgan fingerprint density at radius 2 is 1.62 bits per heavy atom. The normalized spacial score (nSPS) is 15.1. The van der Waals surface area contributed by atoms with Gasteiger partial charge in [-0.15, -0.1) is 11.8 Å². The monoisotopic (exact) mass is 342 g/mol. The van der Waals surface area contributed by atoms with Gasteiger partial charge in [0.2, 0.25) is 0 Å². The zero-order valence-electron chi connectivity index (χ0n) is 13.8. The minimum atomic E-state index is 0.0567. The van der Waals surface area contributed by atoms with Gasteiger partial charge in [-0.3, -0.25) is 4.79 Å². The van der Waals surface area contributed by atoms with Gasteiger partial charge in [-0.05, 0) is 24.3 Å². The molecule has 5 heteroatoms. The van der Waals surface area contributed by atoms with Crippen LogP contribution >= 0.6 is 11.8 Å². The molecule has 2 aromatic carbocycles. The summed E-state index contributed by atoms with van der Waals surface area (Å²) in [6, 6.07) is 11.3. The molecule has 0 saturated heterocycles. The maximum atomic E-state index is 12.7. The van der Waals surface area contributed by atoms with Crippen LogP contribution in [0.5, 0.6) is 17.2 Å². The van der Waals surface area contributed by atoms with Crippen molar-refractivity contribution in [3.05, 3.63) is 53.1 Å². The van der Waals surface area contributed by atoms with E-state index in [-0.39, 0.29) is 5.78 Å². The van der Waals surface area contributed by atoms with Crippen molar-refractivity contribution in [2.45, 2.75) is 4.90 Å². The van der Waals surface area contributed by atoms with Gasteiger partial charge in [-0.25, -0.2) is 0 Å². The third-order valence-electron chi connectivity index (χ3n) is 3.87. The lowest BCUT2D eigenvalue weighted by Gasteiger charge is -2.18. The first-order chi connectivity index (χ1) is 11.7. The van der Waals surface area contributed by atoms with Crippen LogP contribution in [0.15, 0.2) is 46.9 Å². The van der Waals surface area contributed by atoms with Crippen LogP contribution in [0.2, 0.25) is 0 Å². The Labute approximate surface area is 145 Å². The maximum Gasteiger partial charge on any atom is 0.191 e. The van der Waals surface area contributed by atoms with E-state index in [1.807, 2.05) is 36.4 Å². The molecular formula is C19H18O4S. The minimum absolute atomic E-state index is 0.0567. The van der Waals surface area contributed by atoms with Crippen LogP contribution < -0.4 is 14.2 Å². The molecule has 3 rings (SSSR count). The molecule has 0 saturated carbocycles. The summed E-state index contributed by atoms with van der Waals surface area (Å²) in [6.07, 6.45) is 1.87. The number of methoxy groups -OCH3 is 3. The molecule has 1 heterocycles. The fourth-order valence-electron chi connectivity index (χ4n) is 2.63. The molecule has 0 bridgehead atoms. The molecule has 0 aliphatic carbocycles. The van der Waals surface area contributed by atoms with Crippen LogP contribution in [0.3, 0.4) is 0 Å². The summed E-state index contributed by atoms with van der Waals surface area (Å²) in [5, 5.41) is 0. The van der Waals surface area contributed by atoms with Crippen molar-refractivity contribution >= 4 is 23.6 Å². The summed E-state index contributed by atoms with van der Waals surface area (Å²) in [4.78, 5) is 13.7. The van der Waals surface area contributed by atoms with E-state index in [2.05, 4.69) is 0 Å². The molecule has 0 atom stereocenters. The number of Topliss-reactive ketones (excluding diaryl/α,β-unsaturated/α-hetero) is 1. The topological polar surface area (TPSA) is 44.8 Å². The van der Waals surface area contributed by atoms with Crippen LogP contribution in [-0.2, 0) is 0 Å². The fourth-order valence-corrected chi connectivity index (χ4v) is 3.65. The second kappa shape index (κ2) is 7.01. The van der Waals surface area contributed by atoms with E-state index in [0.29, 0.717) is 23.0 Å². The molecule has 1 aliphatic heterocycles. The predicted octanol–water partition coefficient (Wildman–Crippen LogP) is 4.08. The lowest BCUT2D eigenvalue weighted by atomic mass is 10.0. The van der Waals surface area contributed by atoms with E-state index >= 15 is 0 Å². The molecule has 0 radical (unpaired) electrons. The molecule has 4 nitrogen and oxygen atoms in total. The number of hydrogen-bond donors (Lipinski definition) is 0. The summed E-state index contributed by atoms with van der Waals surface area (Å²) in [5.41, 5.74) is 2.28. The van der Waals surface area contributed by atoms with E-state index in [1.54, 1.807) is 39.2 Å². The molecule has 0 aromatic heterocycles. The molecule has 0 spiro atoms. The predicted molar refractivity (Wildman–Crippen MR) is 95.6 cm³/mol. The van der Waals surface area contributed by atoms with Crippen LogP contribution in [0.4, 0.5) is 0 Å². The van der Waals surface area contributed by atoms with Crippen LogP contribution in [0.1, 0.15) is 15.9 Å². The number of ketones is 1. The zero-order valence-corrected chi connectivity index (χ0v) is 14.6. The Balaban J connectivity index is 2.04. The van der Waals surface area contributed by atoms with Crippen molar-refractivity contribution in [1.29, 1.82) is 0 Å². The highest BCUT2D eigenvalue weighted by molar-refractivity contribution is 7.99. The molecule has 0 fully saturated rings. The number of thioether (sulfide) groups is 1. The molecule has 0 N–H and O–H groups in total.